The first-order chi connectivity index (χ1) is 8.00. The molecular weight excluding hydrogens is 238 g/mol. The van der Waals surface area contributed by atoms with Crippen LogP contribution in [0.3, 0.4) is 0 Å². The quantitative estimate of drug-likeness (QED) is 0.827. The molecule has 1 atom stereocenters. The second-order valence-electron chi connectivity index (χ2n) is 4.24. The minimum Gasteiger partial charge on any atom is -0.326 e. The lowest BCUT2D eigenvalue weighted by Crippen LogP contribution is -2.31. The second-order valence-corrected chi connectivity index (χ2v) is 4.58. The summed E-state index contributed by atoms with van der Waals surface area (Å²) in [6, 6.07) is 5.35. The summed E-state index contributed by atoms with van der Waals surface area (Å²) in [5, 5.41) is 0.768. The zero-order valence-corrected chi connectivity index (χ0v) is 10.5. The molecule has 4 nitrogen and oxygen atoms in total. The number of hydrogen-bond acceptors (Lipinski definition) is 3. The number of fused-ring (bicyclic) bond motifs is 1. The van der Waals surface area contributed by atoms with Crippen LogP contribution in [0.2, 0.25) is 5.28 Å². The highest BCUT2D eigenvalue weighted by atomic mass is 35.5. The highest BCUT2D eigenvalue weighted by Gasteiger charge is 2.11. The summed E-state index contributed by atoms with van der Waals surface area (Å²) >= 11 is 6.02. The van der Waals surface area contributed by atoms with E-state index in [1.165, 1.54) is 4.57 Å². The third kappa shape index (κ3) is 2.18. The van der Waals surface area contributed by atoms with Crippen LogP contribution in [0.15, 0.2) is 23.0 Å². The fourth-order valence-electron chi connectivity index (χ4n) is 1.81. The summed E-state index contributed by atoms with van der Waals surface area (Å²) in [5.74, 6) is 0. The van der Waals surface area contributed by atoms with Crippen molar-refractivity contribution in [1.82, 2.24) is 9.55 Å². The lowest BCUT2D eigenvalue weighted by molar-refractivity contribution is 0.571. The highest BCUT2D eigenvalue weighted by Crippen LogP contribution is 2.15. The molecule has 0 aliphatic rings. The molecule has 0 bridgehead atoms. The largest absolute Gasteiger partial charge is 0.326 e. The number of nitrogens with zero attached hydrogens (tertiary/aromatic N) is 2. The van der Waals surface area contributed by atoms with Crippen LogP contribution in [-0.2, 0) is 6.54 Å². The molecule has 0 spiro atoms. The third-order valence-electron chi connectivity index (χ3n) is 2.61. The van der Waals surface area contributed by atoms with Crippen LogP contribution in [0.25, 0.3) is 10.9 Å². The van der Waals surface area contributed by atoms with Crippen LogP contribution >= 0.6 is 11.6 Å². The molecule has 2 N–H and O–H groups in total. The van der Waals surface area contributed by atoms with E-state index in [2.05, 4.69) is 4.98 Å². The summed E-state index contributed by atoms with van der Waals surface area (Å²) in [5.41, 5.74) is 7.15. The number of para-hydroxylation sites is 1. The molecule has 1 aromatic heterocycles. The molecule has 90 valence electrons. The molecule has 1 unspecified atom stereocenters. The van der Waals surface area contributed by atoms with Crippen molar-refractivity contribution in [3.8, 4) is 0 Å². The van der Waals surface area contributed by atoms with E-state index in [1.807, 2.05) is 26.0 Å². The molecule has 1 heterocycles. The van der Waals surface area contributed by atoms with Gasteiger partial charge in [0.05, 0.1) is 10.9 Å². The molecule has 0 aliphatic carbocycles. The molecule has 0 fully saturated rings. The van der Waals surface area contributed by atoms with E-state index in [1.54, 1.807) is 6.07 Å². The Bertz CT molecular complexity index is 619. The first kappa shape index (κ1) is 12.1. The molecular formula is C12H14ClN3O. The zero-order chi connectivity index (χ0) is 12.6. The molecule has 0 aliphatic heterocycles. The lowest BCUT2D eigenvalue weighted by Gasteiger charge is -2.12. The Kier molecular flexibility index (Phi) is 3.17. The molecule has 0 amide bonds. The predicted octanol–water partition coefficient (Wildman–Crippen LogP) is 1.71. The molecule has 0 radical (unpaired) electrons. The van der Waals surface area contributed by atoms with Crippen LogP contribution in [0.5, 0.6) is 0 Å². The van der Waals surface area contributed by atoms with Crippen LogP contribution in [-0.4, -0.2) is 15.6 Å². The predicted molar refractivity (Wildman–Crippen MR) is 69.4 cm³/mol. The monoisotopic (exact) mass is 251 g/mol. The Balaban J connectivity index is 2.77. The van der Waals surface area contributed by atoms with Gasteiger partial charge in [-0.15, -0.1) is 0 Å². The minimum atomic E-state index is -0.144. The van der Waals surface area contributed by atoms with Crippen molar-refractivity contribution < 1.29 is 0 Å². The van der Waals surface area contributed by atoms with Gasteiger partial charge in [0.1, 0.15) is 0 Å². The number of benzene rings is 1. The van der Waals surface area contributed by atoms with Crippen LogP contribution in [0.1, 0.15) is 12.5 Å². The van der Waals surface area contributed by atoms with Crippen LogP contribution < -0.4 is 11.3 Å². The van der Waals surface area contributed by atoms with E-state index in [9.17, 15) is 4.79 Å². The van der Waals surface area contributed by atoms with Crippen molar-refractivity contribution in [2.45, 2.75) is 26.4 Å². The van der Waals surface area contributed by atoms with Gasteiger partial charge in [-0.1, -0.05) is 12.1 Å². The summed E-state index contributed by atoms with van der Waals surface area (Å²) in [7, 11) is 0. The first-order valence-electron chi connectivity index (χ1n) is 5.42. The van der Waals surface area contributed by atoms with Crippen molar-refractivity contribution in [1.29, 1.82) is 0 Å². The molecule has 1 aromatic carbocycles. The normalized spacial score (nSPS) is 12.9. The van der Waals surface area contributed by atoms with Crippen molar-refractivity contribution in [2.24, 2.45) is 5.73 Å². The van der Waals surface area contributed by atoms with Crippen LogP contribution in [0, 0.1) is 6.92 Å². The molecule has 17 heavy (non-hydrogen) atoms. The Morgan fingerprint density at radius 1 is 1.53 bits per heavy atom. The van der Waals surface area contributed by atoms with Gasteiger partial charge in [-0.25, -0.2) is 4.98 Å². The summed E-state index contributed by atoms with van der Waals surface area (Å²) in [4.78, 5) is 16.5. The Morgan fingerprint density at radius 3 is 2.88 bits per heavy atom. The number of hydrogen-bond donors (Lipinski definition) is 1. The van der Waals surface area contributed by atoms with Gasteiger partial charge in [0.15, 0.2) is 0 Å². The number of nitrogens with two attached hydrogens (primary N) is 1. The fraction of sp³-hybridized carbons (Fsp3) is 0.333. The van der Waals surface area contributed by atoms with Gasteiger partial charge < -0.3 is 5.73 Å². The van der Waals surface area contributed by atoms with Crippen molar-refractivity contribution >= 4 is 22.5 Å². The van der Waals surface area contributed by atoms with E-state index < -0.39 is 0 Å². The maximum atomic E-state index is 12.2. The maximum Gasteiger partial charge on any atom is 0.262 e. The first-order valence-corrected chi connectivity index (χ1v) is 5.79. The van der Waals surface area contributed by atoms with E-state index in [0.29, 0.717) is 17.4 Å². The van der Waals surface area contributed by atoms with Crippen molar-refractivity contribution in [3.63, 3.8) is 0 Å². The Hall–Kier alpha value is -1.39. The zero-order valence-electron chi connectivity index (χ0n) is 9.77. The van der Waals surface area contributed by atoms with E-state index in [0.717, 1.165) is 5.56 Å². The standard InChI is InChI=1S/C12H14ClN3O/c1-7-4-3-5-9-10(7)15-12(13)16(11(9)17)6-8(2)14/h3-5,8H,6,14H2,1-2H3. The summed E-state index contributed by atoms with van der Waals surface area (Å²) < 4.78 is 1.41. The van der Waals surface area contributed by atoms with Gasteiger partial charge in [-0.05, 0) is 37.1 Å². The average Bonchev–Trinajstić information content (AvgIpc) is 2.26. The number of aromatic nitrogens is 2. The molecule has 0 saturated heterocycles. The molecule has 5 heteroatoms. The fourth-order valence-corrected chi connectivity index (χ4v) is 2.04. The van der Waals surface area contributed by atoms with Crippen molar-refractivity contribution in [3.05, 3.63) is 39.4 Å². The number of rotatable bonds is 2. The van der Waals surface area contributed by atoms with E-state index >= 15 is 0 Å². The van der Waals surface area contributed by atoms with Gasteiger partial charge in [0.2, 0.25) is 5.28 Å². The third-order valence-corrected chi connectivity index (χ3v) is 2.90. The smallest absolute Gasteiger partial charge is 0.262 e. The molecule has 2 aromatic rings. The van der Waals surface area contributed by atoms with Gasteiger partial charge in [0, 0.05) is 12.6 Å². The highest BCUT2D eigenvalue weighted by molar-refractivity contribution is 6.28. The van der Waals surface area contributed by atoms with Crippen LogP contribution in [0.4, 0.5) is 0 Å². The maximum absolute atomic E-state index is 12.2. The lowest BCUT2D eigenvalue weighted by atomic mass is 10.1. The minimum absolute atomic E-state index is 0.138. The molecule has 2 rings (SSSR count). The Labute approximate surface area is 104 Å². The van der Waals surface area contributed by atoms with Gasteiger partial charge in [0.25, 0.3) is 5.56 Å². The second kappa shape index (κ2) is 4.47. The van der Waals surface area contributed by atoms with Crippen molar-refractivity contribution in [2.75, 3.05) is 0 Å². The number of halogens is 1. The summed E-state index contributed by atoms with van der Waals surface area (Å²) in [6.45, 7) is 4.10. The SMILES string of the molecule is Cc1cccc2c(=O)n(CC(C)N)c(Cl)nc12. The topological polar surface area (TPSA) is 60.9 Å². The van der Waals surface area contributed by atoms with Gasteiger partial charge >= 0.3 is 0 Å². The average molecular weight is 252 g/mol. The van der Waals surface area contributed by atoms with Gasteiger partial charge in [-0.3, -0.25) is 9.36 Å². The van der Waals surface area contributed by atoms with E-state index in [4.69, 9.17) is 17.3 Å². The Morgan fingerprint density at radius 2 is 2.24 bits per heavy atom. The number of aryl methyl sites for hydroxylation is 1. The van der Waals surface area contributed by atoms with Gasteiger partial charge in [-0.2, -0.15) is 0 Å². The van der Waals surface area contributed by atoms with E-state index in [-0.39, 0.29) is 16.9 Å². The summed E-state index contributed by atoms with van der Waals surface area (Å²) in [6.07, 6.45) is 0. The molecule has 0 saturated carbocycles.